The first-order valence-corrected chi connectivity index (χ1v) is 11.6. The van der Waals surface area contributed by atoms with Crippen LogP contribution in [0, 0.1) is 11.8 Å². The highest BCUT2D eigenvalue weighted by Gasteiger charge is 2.42. The SMILES string of the molecule is CC(=O)CCC/C=C\C[C@@H]1[C@@H](/C=C/[C@@H](O)COc2cccc(C(F)(F)F)c2)[C@H](O)C[C@@H]1OC(C)=O. The van der Waals surface area contributed by atoms with Gasteiger partial charge in [-0.05, 0) is 44.4 Å². The van der Waals surface area contributed by atoms with Crippen LogP contribution in [0.4, 0.5) is 13.2 Å². The summed E-state index contributed by atoms with van der Waals surface area (Å²) in [6.45, 7) is 2.58. The van der Waals surface area contributed by atoms with Gasteiger partial charge in [-0.15, -0.1) is 0 Å². The first-order chi connectivity index (χ1) is 16.5. The summed E-state index contributed by atoms with van der Waals surface area (Å²) in [4.78, 5) is 22.5. The Kier molecular flexibility index (Phi) is 11.0. The van der Waals surface area contributed by atoms with E-state index in [4.69, 9.17) is 9.47 Å². The van der Waals surface area contributed by atoms with Crippen molar-refractivity contribution in [3.05, 3.63) is 54.1 Å². The molecule has 5 atom stereocenters. The zero-order valence-electron chi connectivity index (χ0n) is 19.9. The van der Waals surface area contributed by atoms with Crippen LogP contribution in [-0.2, 0) is 20.5 Å². The van der Waals surface area contributed by atoms with Crippen molar-refractivity contribution in [3.63, 3.8) is 0 Å². The summed E-state index contributed by atoms with van der Waals surface area (Å²) >= 11 is 0. The average Bonchev–Trinajstić information content (AvgIpc) is 3.05. The van der Waals surface area contributed by atoms with Gasteiger partial charge in [-0.1, -0.05) is 30.4 Å². The van der Waals surface area contributed by atoms with E-state index >= 15 is 0 Å². The number of carbonyl (C=O) groups excluding carboxylic acids is 2. The number of halogens is 3. The van der Waals surface area contributed by atoms with Crippen molar-refractivity contribution in [1.29, 1.82) is 0 Å². The smallest absolute Gasteiger partial charge is 0.416 e. The minimum Gasteiger partial charge on any atom is -0.491 e. The molecule has 1 aromatic carbocycles. The molecule has 1 aliphatic rings. The first kappa shape index (κ1) is 28.6. The van der Waals surface area contributed by atoms with Crippen LogP contribution in [0.3, 0.4) is 0 Å². The fourth-order valence-corrected chi connectivity index (χ4v) is 4.13. The summed E-state index contributed by atoms with van der Waals surface area (Å²) in [6.07, 6.45) is 2.85. The Bertz CT molecular complexity index is 895. The molecule has 0 amide bonds. The summed E-state index contributed by atoms with van der Waals surface area (Å²) < 4.78 is 49.2. The number of aliphatic hydroxyl groups is 2. The highest BCUT2D eigenvalue weighted by atomic mass is 19.4. The third-order valence-corrected chi connectivity index (χ3v) is 5.82. The van der Waals surface area contributed by atoms with Crippen LogP contribution >= 0.6 is 0 Å². The molecule has 2 N–H and O–H groups in total. The zero-order chi connectivity index (χ0) is 26.0. The predicted molar refractivity (Wildman–Crippen MR) is 124 cm³/mol. The quantitative estimate of drug-likeness (QED) is 0.248. The topological polar surface area (TPSA) is 93.1 Å². The van der Waals surface area contributed by atoms with E-state index in [9.17, 15) is 33.0 Å². The van der Waals surface area contributed by atoms with Gasteiger partial charge in [-0.25, -0.2) is 0 Å². The number of carbonyl (C=O) groups is 2. The van der Waals surface area contributed by atoms with E-state index in [1.54, 1.807) is 13.0 Å². The molecule has 1 aliphatic carbocycles. The molecule has 35 heavy (non-hydrogen) atoms. The van der Waals surface area contributed by atoms with E-state index in [1.807, 2.05) is 12.2 Å². The summed E-state index contributed by atoms with van der Waals surface area (Å²) in [7, 11) is 0. The molecule has 9 heteroatoms. The molecule has 0 bridgehead atoms. The summed E-state index contributed by atoms with van der Waals surface area (Å²) in [5.41, 5.74) is -0.845. The van der Waals surface area contributed by atoms with Gasteiger partial charge in [-0.3, -0.25) is 4.79 Å². The second kappa shape index (κ2) is 13.4. The number of aliphatic hydroxyl groups excluding tert-OH is 2. The standard InChI is InChI=1S/C26H33F3O6/c1-17(30)8-5-3-4-6-11-23-22(24(33)15-25(23)35-18(2)31)13-12-20(32)16-34-21-10-7-9-19(14-21)26(27,28)29/h4,6-7,9-10,12-14,20,22-25,32-33H,3,5,8,11,15-16H2,1-2H3/b6-4-,13-12+/t20-,22-,23-,24-,25+/m1/s1. The van der Waals surface area contributed by atoms with Gasteiger partial charge in [-0.2, -0.15) is 13.2 Å². The number of ketones is 1. The molecule has 0 spiro atoms. The molecule has 0 radical (unpaired) electrons. The van der Waals surface area contributed by atoms with Crippen LogP contribution in [0.15, 0.2) is 48.6 Å². The van der Waals surface area contributed by atoms with Crippen LogP contribution in [0.5, 0.6) is 5.75 Å². The summed E-state index contributed by atoms with van der Waals surface area (Å²) in [5.74, 6) is -0.948. The van der Waals surface area contributed by atoms with Gasteiger partial charge in [0.2, 0.25) is 0 Å². The van der Waals surface area contributed by atoms with E-state index in [0.717, 1.165) is 25.0 Å². The van der Waals surface area contributed by atoms with Gasteiger partial charge in [0.15, 0.2) is 0 Å². The van der Waals surface area contributed by atoms with Crippen LogP contribution in [0.1, 0.15) is 51.5 Å². The molecule has 0 aliphatic heterocycles. The van der Waals surface area contributed by atoms with Crippen LogP contribution in [0.2, 0.25) is 0 Å². The number of rotatable bonds is 12. The maximum atomic E-state index is 12.8. The third-order valence-electron chi connectivity index (χ3n) is 5.82. The Morgan fingerprint density at radius 3 is 2.63 bits per heavy atom. The number of ether oxygens (including phenoxy) is 2. The number of allylic oxidation sites excluding steroid dienone is 2. The van der Waals surface area contributed by atoms with Gasteiger partial charge in [0.05, 0.1) is 11.7 Å². The van der Waals surface area contributed by atoms with Crippen molar-refractivity contribution < 1.29 is 42.4 Å². The van der Waals surface area contributed by atoms with Gasteiger partial charge in [0.1, 0.15) is 30.3 Å². The molecule has 6 nitrogen and oxygen atoms in total. The Morgan fingerprint density at radius 1 is 1.23 bits per heavy atom. The lowest BCUT2D eigenvalue weighted by atomic mass is 9.89. The first-order valence-electron chi connectivity index (χ1n) is 11.6. The maximum Gasteiger partial charge on any atom is 0.416 e. The molecule has 0 aromatic heterocycles. The van der Waals surface area contributed by atoms with E-state index in [2.05, 4.69) is 0 Å². The molecule has 2 rings (SSSR count). The number of benzene rings is 1. The van der Waals surface area contributed by atoms with Crippen molar-refractivity contribution >= 4 is 11.8 Å². The summed E-state index contributed by atoms with van der Waals surface area (Å²) in [6, 6.07) is 4.39. The van der Waals surface area contributed by atoms with Crippen LogP contribution in [0.25, 0.3) is 0 Å². The molecule has 0 saturated heterocycles. The second-order valence-corrected chi connectivity index (χ2v) is 8.78. The Balaban J connectivity index is 1.98. The second-order valence-electron chi connectivity index (χ2n) is 8.78. The van der Waals surface area contributed by atoms with Crippen molar-refractivity contribution in [2.45, 2.75) is 70.4 Å². The minimum atomic E-state index is -4.49. The summed E-state index contributed by atoms with van der Waals surface area (Å²) in [5, 5.41) is 20.8. The van der Waals surface area contributed by atoms with Gasteiger partial charge < -0.3 is 24.5 Å². The van der Waals surface area contributed by atoms with Crippen molar-refractivity contribution in [2.24, 2.45) is 11.8 Å². The largest absolute Gasteiger partial charge is 0.491 e. The number of hydrogen-bond donors (Lipinski definition) is 2. The molecule has 1 fully saturated rings. The number of Topliss-reactive ketones (excluding diaryl/α,β-unsaturated/α-hetero) is 1. The molecule has 0 unspecified atom stereocenters. The lowest BCUT2D eigenvalue weighted by Crippen LogP contribution is -2.24. The van der Waals surface area contributed by atoms with Gasteiger partial charge >= 0.3 is 12.1 Å². The average molecular weight is 499 g/mol. The lowest BCUT2D eigenvalue weighted by Gasteiger charge is -2.22. The van der Waals surface area contributed by atoms with Crippen molar-refractivity contribution in [1.82, 2.24) is 0 Å². The molecule has 1 aromatic rings. The zero-order valence-corrected chi connectivity index (χ0v) is 19.9. The normalized spacial score (nSPS) is 23.6. The highest BCUT2D eigenvalue weighted by Crippen LogP contribution is 2.38. The van der Waals surface area contributed by atoms with E-state index in [0.29, 0.717) is 12.8 Å². The van der Waals surface area contributed by atoms with Gasteiger partial charge in [0, 0.05) is 31.6 Å². The predicted octanol–water partition coefficient (Wildman–Crippen LogP) is 4.64. The lowest BCUT2D eigenvalue weighted by molar-refractivity contribution is -0.148. The number of unbranched alkanes of at least 4 members (excludes halogenated alkanes) is 1. The van der Waals surface area contributed by atoms with E-state index in [-0.39, 0.29) is 30.5 Å². The van der Waals surface area contributed by atoms with Crippen molar-refractivity contribution in [2.75, 3.05) is 6.61 Å². The number of hydrogen-bond acceptors (Lipinski definition) is 6. The fourth-order valence-electron chi connectivity index (χ4n) is 4.13. The monoisotopic (exact) mass is 498 g/mol. The fraction of sp³-hybridized carbons (Fsp3) is 0.538. The third kappa shape index (κ3) is 9.85. The Morgan fingerprint density at radius 2 is 1.97 bits per heavy atom. The highest BCUT2D eigenvalue weighted by molar-refractivity contribution is 5.75. The minimum absolute atomic E-state index is 0.0177. The molecular weight excluding hydrogens is 465 g/mol. The molecule has 1 saturated carbocycles. The number of alkyl halides is 3. The van der Waals surface area contributed by atoms with Gasteiger partial charge in [0.25, 0.3) is 0 Å². The molecule has 0 heterocycles. The Hall–Kier alpha value is -2.65. The Labute approximate surface area is 203 Å². The molecular formula is C26H33F3O6. The van der Waals surface area contributed by atoms with Crippen LogP contribution < -0.4 is 4.74 Å². The van der Waals surface area contributed by atoms with E-state index < -0.39 is 41.9 Å². The number of esters is 1. The molecule has 194 valence electrons. The van der Waals surface area contributed by atoms with E-state index in [1.165, 1.54) is 25.1 Å². The maximum absolute atomic E-state index is 12.8. The van der Waals surface area contributed by atoms with Crippen LogP contribution in [-0.4, -0.2) is 46.9 Å². The van der Waals surface area contributed by atoms with Crippen molar-refractivity contribution in [3.8, 4) is 5.75 Å².